The number of hydrogen-bond donors (Lipinski definition) is 1. The van der Waals surface area contributed by atoms with E-state index in [9.17, 15) is 0 Å². The van der Waals surface area contributed by atoms with E-state index in [1.54, 1.807) is 0 Å². The lowest BCUT2D eigenvalue weighted by molar-refractivity contribution is 0.593. The number of rotatable bonds is 2. The van der Waals surface area contributed by atoms with E-state index >= 15 is 0 Å². The van der Waals surface area contributed by atoms with Crippen LogP contribution in [-0.2, 0) is 0 Å². The third-order valence-corrected chi connectivity index (χ3v) is 4.11. The average Bonchev–Trinajstić information content (AvgIpc) is 3.13. The minimum atomic E-state index is 0.690. The number of nitrogens with zero attached hydrogens (tertiary/aromatic N) is 1. The van der Waals surface area contributed by atoms with Crippen LogP contribution in [0.4, 0.5) is 0 Å². The van der Waals surface area contributed by atoms with Gasteiger partial charge >= 0.3 is 0 Å². The van der Waals surface area contributed by atoms with E-state index in [0.717, 1.165) is 33.7 Å². The van der Waals surface area contributed by atoms with Gasteiger partial charge in [0.1, 0.15) is 5.76 Å². The van der Waals surface area contributed by atoms with Crippen molar-refractivity contribution in [3.63, 3.8) is 0 Å². The Labute approximate surface area is 138 Å². The van der Waals surface area contributed by atoms with Gasteiger partial charge in [0.05, 0.1) is 11.0 Å². The number of fused-ring (bicyclic) bond motifs is 1. The first kappa shape index (κ1) is 14.1. The molecule has 0 aliphatic heterocycles. The minimum absolute atomic E-state index is 0.690. The van der Waals surface area contributed by atoms with Crippen molar-refractivity contribution >= 4 is 22.6 Å². The molecule has 0 atom stereocenters. The van der Waals surface area contributed by atoms with Gasteiger partial charge in [0.15, 0.2) is 11.6 Å². The van der Waals surface area contributed by atoms with Crippen molar-refractivity contribution in [2.75, 3.05) is 0 Å². The molecule has 2 heterocycles. The fourth-order valence-corrected chi connectivity index (χ4v) is 3.04. The SMILES string of the molecule is Cc1cc(C)c2nc(-c3ccc(-c4cccc(Cl)c4)o3)[nH]c2c1. The summed E-state index contributed by atoms with van der Waals surface area (Å²) in [5.41, 5.74) is 5.32. The quantitative estimate of drug-likeness (QED) is 0.509. The normalized spacial score (nSPS) is 11.3. The van der Waals surface area contributed by atoms with Crippen molar-refractivity contribution in [2.45, 2.75) is 13.8 Å². The van der Waals surface area contributed by atoms with Crippen molar-refractivity contribution in [3.8, 4) is 22.9 Å². The van der Waals surface area contributed by atoms with E-state index in [2.05, 4.69) is 35.9 Å². The number of furan rings is 1. The van der Waals surface area contributed by atoms with Crippen molar-refractivity contribution < 1.29 is 4.42 Å². The Kier molecular flexibility index (Phi) is 3.24. The van der Waals surface area contributed by atoms with Crippen LogP contribution in [-0.4, -0.2) is 9.97 Å². The maximum absolute atomic E-state index is 6.04. The molecular weight excluding hydrogens is 308 g/mol. The molecule has 0 radical (unpaired) electrons. The third kappa shape index (κ3) is 2.53. The van der Waals surface area contributed by atoms with Gasteiger partial charge < -0.3 is 9.40 Å². The zero-order valence-electron chi connectivity index (χ0n) is 12.9. The molecular formula is C19H15ClN2O. The van der Waals surface area contributed by atoms with Gasteiger partial charge in [0, 0.05) is 10.6 Å². The van der Waals surface area contributed by atoms with Crippen LogP contribution in [0.15, 0.2) is 52.9 Å². The lowest BCUT2D eigenvalue weighted by atomic mass is 10.1. The highest BCUT2D eigenvalue weighted by atomic mass is 35.5. The zero-order chi connectivity index (χ0) is 16.0. The largest absolute Gasteiger partial charge is 0.453 e. The number of hydrogen-bond acceptors (Lipinski definition) is 2. The summed E-state index contributed by atoms with van der Waals surface area (Å²) in [6.45, 7) is 4.15. The number of aryl methyl sites for hydroxylation is 2. The van der Waals surface area contributed by atoms with E-state index in [1.807, 2.05) is 36.4 Å². The molecule has 4 aromatic rings. The summed E-state index contributed by atoms with van der Waals surface area (Å²) in [6, 6.07) is 15.7. The van der Waals surface area contributed by atoms with Crippen molar-refractivity contribution in [1.29, 1.82) is 0 Å². The Balaban J connectivity index is 1.78. The maximum atomic E-state index is 6.04. The van der Waals surface area contributed by atoms with E-state index in [4.69, 9.17) is 16.0 Å². The summed E-state index contributed by atoms with van der Waals surface area (Å²) < 4.78 is 5.96. The third-order valence-electron chi connectivity index (χ3n) is 3.87. The zero-order valence-corrected chi connectivity index (χ0v) is 13.6. The van der Waals surface area contributed by atoms with Crippen LogP contribution in [0.3, 0.4) is 0 Å². The number of nitrogens with one attached hydrogen (secondary N) is 1. The molecule has 114 valence electrons. The van der Waals surface area contributed by atoms with Crippen LogP contribution in [0.1, 0.15) is 11.1 Å². The van der Waals surface area contributed by atoms with Crippen LogP contribution in [0, 0.1) is 13.8 Å². The summed E-state index contributed by atoms with van der Waals surface area (Å²) >= 11 is 6.04. The van der Waals surface area contributed by atoms with Crippen LogP contribution in [0.2, 0.25) is 5.02 Å². The molecule has 4 rings (SSSR count). The molecule has 1 N–H and O–H groups in total. The molecule has 0 spiro atoms. The molecule has 23 heavy (non-hydrogen) atoms. The number of aromatic nitrogens is 2. The molecule has 2 aromatic heterocycles. The number of halogens is 1. The molecule has 2 aromatic carbocycles. The summed E-state index contributed by atoms with van der Waals surface area (Å²) in [4.78, 5) is 8.01. The van der Waals surface area contributed by atoms with Crippen LogP contribution < -0.4 is 0 Å². The molecule has 4 heteroatoms. The standard InChI is InChI=1S/C19H15ClN2O/c1-11-8-12(2)18-15(9-11)21-19(22-18)17-7-6-16(23-17)13-4-3-5-14(20)10-13/h3-10H,1-2H3,(H,21,22). The smallest absolute Gasteiger partial charge is 0.174 e. The van der Waals surface area contributed by atoms with Gasteiger partial charge in [-0.15, -0.1) is 0 Å². The summed E-state index contributed by atoms with van der Waals surface area (Å²) in [5.74, 6) is 2.23. The van der Waals surface area contributed by atoms with E-state index in [-0.39, 0.29) is 0 Å². The Hall–Kier alpha value is -2.52. The second-order valence-electron chi connectivity index (χ2n) is 5.74. The predicted octanol–water partition coefficient (Wildman–Crippen LogP) is 5.76. The summed E-state index contributed by atoms with van der Waals surface area (Å²) in [6.07, 6.45) is 0. The Morgan fingerprint density at radius 3 is 2.65 bits per heavy atom. The van der Waals surface area contributed by atoms with Gasteiger partial charge in [-0.1, -0.05) is 29.8 Å². The molecule has 0 unspecified atom stereocenters. The molecule has 0 saturated carbocycles. The van der Waals surface area contributed by atoms with Gasteiger partial charge in [-0.25, -0.2) is 4.98 Å². The van der Waals surface area contributed by atoms with Crippen molar-refractivity contribution in [1.82, 2.24) is 9.97 Å². The number of aromatic amines is 1. The molecule has 0 saturated heterocycles. The average molecular weight is 323 g/mol. The van der Waals surface area contributed by atoms with Gasteiger partial charge in [0.2, 0.25) is 0 Å². The second kappa shape index (κ2) is 5.28. The van der Waals surface area contributed by atoms with Crippen LogP contribution in [0.5, 0.6) is 0 Å². The molecule has 0 bridgehead atoms. The van der Waals surface area contributed by atoms with Gasteiger partial charge in [-0.2, -0.15) is 0 Å². The molecule has 3 nitrogen and oxygen atoms in total. The highest BCUT2D eigenvalue weighted by Crippen LogP contribution is 2.30. The van der Waals surface area contributed by atoms with E-state index < -0.39 is 0 Å². The highest BCUT2D eigenvalue weighted by Gasteiger charge is 2.12. The molecule has 0 aliphatic rings. The first-order chi connectivity index (χ1) is 11.1. The molecule has 0 fully saturated rings. The first-order valence-electron chi connectivity index (χ1n) is 7.43. The fraction of sp³-hybridized carbons (Fsp3) is 0.105. The number of benzene rings is 2. The predicted molar refractivity (Wildman–Crippen MR) is 93.7 cm³/mol. The van der Waals surface area contributed by atoms with Crippen LogP contribution >= 0.6 is 11.6 Å². The van der Waals surface area contributed by atoms with Gasteiger partial charge in [0.25, 0.3) is 0 Å². The maximum Gasteiger partial charge on any atom is 0.174 e. The monoisotopic (exact) mass is 322 g/mol. The highest BCUT2D eigenvalue weighted by molar-refractivity contribution is 6.30. The van der Waals surface area contributed by atoms with E-state index in [0.29, 0.717) is 10.8 Å². The van der Waals surface area contributed by atoms with Crippen LogP contribution in [0.25, 0.3) is 33.9 Å². The summed E-state index contributed by atoms with van der Waals surface area (Å²) in [5, 5.41) is 0.690. The second-order valence-corrected chi connectivity index (χ2v) is 6.17. The summed E-state index contributed by atoms with van der Waals surface area (Å²) in [7, 11) is 0. The molecule has 0 amide bonds. The van der Waals surface area contributed by atoms with E-state index in [1.165, 1.54) is 5.56 Å². The minimum Gasteiger partial charge on any atom is -0.453 e. The Morgan fingerprint density at radius 1 is 1.00 bits per heavy atom. The number of imidazole rings is 1. The van der Waals surface area contributed by atoms with Crippen molar-refractivity contribution in [3.05, 3.63) is 64.7 Å². The van der Waals surface area contributed by atoms with Gasteiger partial charge in [-0.3, -0.25) is 0 Å². The van der Waals surface area contributed by atoms with Gasteiger partial charge in [-0.05, 0) is 55.3 Å². The molecule has 0 aliphatic carbocycles. The first-order valence-corrected chi connectivity index (χ1v) is 7.81. The Morgan fingerprint density at radius 2 is 1.83 bits per heavy atom. The topological polar surface area (TPSA) is 41.8 Å². The lowest BCUT2D eigenvalue weighted by Crippen LogP contribution is -1.79. The number of H-pyrrole nitrogens is 1. The fourth-order valence-electron chi connectivity index (χ4n) is 2.85. The lowest BCUT2D eigenvalue weighted by Gasteiger charge is -1.97. The Bertz CT molecular complexity index is 1010. The van der Waals surface area contributed by atoms with Crippen molar-refractivity contribution in [2.24, 2.45) is 0 Å².